The van der Waals surface area contributed by atoms with Crippen LogP contribution in [-0.2, 0) is 35.5 Å². The molecule has 6 nitrogen and oxygen atoms in total. The molecule has 2 atom stereocenters. The number of aliphatic hydroxyl groups is 2. The van der Waals surface area contributed by atoms with E-state index < -0.39 is 0 Å². The molecular formula is C22H24O6. The molecule has 2 heterocycles. The van der Waals surface area contributed by atoms with Crippen molar-refractivity contribution in [3.05, 3.63) is 46.5 Å². The lowest BCUT2D eigenvalue weighted by molar-refractivity contribution is 0.256. The standard InChI is InChI=1S/C22H24O6/c23-7-13-5-14(8-24)20-19(6-13)21(27-11-15-9-25-15)17-3-1-2-4-18(17)22(20)28-12-16-10-26-16/h1-2,5-6,15-16,23-24H,3-4,7-12H2. The van der Waals surface area contributed by atoms with Gasteiger partial charge in [-0.3, -0.25) is 0 Å². The highest BCUT2D eigenvalue weighted by Crippen LogP contribution is 2.45. The zero-order chi connectivity index (χ0) is 19.1. The molecule has 2 fully saturated rings. The predicted octanol–water partition coefficient (Wildman–Crippen LogP) is 2.03. The fourth-order valence-corrected chi connectivity index (χ4v) is 3.86. The zero-order valence-corrected chi connectivity index (χ0v) is 15.6. The minimum absolute atomic E-state index is 0.1000. The van der Waals surface area contributed by atoms with Gasteiger partial charge in [0.2, 0.25) is 0 Å². The topological polar surface area (TPSA) is 84.0 Å². The third-order valence-corrected chi connectivity index (χ3v) is 5.46. The molecule has 3 aliphatic rings. The molecule has 2 unspecified atom stereocenters. The number of hydrogen-bond acceptors (Lipinski definition) is 6. The van der Waals surface area contributed by atoms with Gasteiger partial charge in [-0.05, 0) is 30.0 Å². The van der Waals surface area contributed by atoms with Gasteiger partial charge in [-0.2, -0.15) is 0 Å². The average Bonchev–Trinajstić information content (AvgIpc) is 3.64. The second kappa shape index (κ2) is 7.37. The summed E-state index contributed by atoms with van der Waals surface area (Å²) in [6.07, 6.45) is 6.09. The van der Waals surface area contributed by atoms with Crippen molar-refractivity contribution in [3.8, 4) is 11.5 Å². The summed E-state index contributed by atoms with van der Waals surface area (Å²) in [6, 6.07) is 3.78. The Hall–Kier alpha value is -2.12. The van der Waals surface area contributed by atoms with Crippen LogP contribution in [0.15, 0.2) is 24.3 Å². The number of epoxide rings is 2. The molecule has 2 saturated heterocycles. The van der Waals surface area contributed by atoms with Crippen LogP contribution in [0.3, 0.4) is 0 Å². The number of benzene rings is 2. The second-order valence-corrected chi connectivity index (χ2v) is 7.52. The van der Waals surface area contributed by atoms with E-state index in [0.717, 1.165) is 70.6 Å². The number of aliphatic hydroxyl groups excluding tert-OH is 2. The third-order valence-electron chi connectivity index (χ3n) is 5.46. The molecule has 2 N–H and O–H groups in total. The molecule has 0 saturated carbocycles. The number of fused-ring (bicyclic) bond motifs is 2. The maximum atomic E-state index is 10.1. The molecule has 148 valence electrons. The Morgan fingerprint density at radius 2 is 1.46 bits per heavy atom. The highest BCUT2D eigenvalue weighted by Gasteiger charge is 2.29. The number of allylic oxidation sites excluding steroid dienone is 2. The first kappa shape index (κ1) is 17.9. The van der Waals surface area contributed by atoms with Crippen LogP contribution < -0.4 is 9.47 Å². The molecule has 5 rings (SSSR count). The van der Waals surface area contributed by atoms with E-state index in [1.807, 2.05) is 12.1 Å². The van der Waals surface area contributed by atoms with Gasteiger partial charge in [0.25, 0.3) is 0 Å². The predicted molar refractivity (Wildman–Crippen MR) is 103 cm³/mol. The van der Waals surface area contributed by atoms with Gasteiger partial charge in [-0.15, -0.1) is 0 Å². The van der Waals surface area contributed by atoms with Crippen LogP contribution in [-0.4, -0.2) is 48.8 Å². The molecule has 1 aliphatic carbocycles. The molecule has 0 aromatic heterocycles. The van der Waals surface area contributed by atoms with Gasteiger partial charge in [0.05, 0.1) is 26.4 Å². The van der Waals surface area contributed by atoms with Crippen molar-refractivity contribution < 1.29 is 29.2 Å². The summed E-state index contributed by atoms with van der Waals surface area (Å²) in [6.45, 7) is 2.21. The normalized spacial score (nSPS) is 22.2. The first-order valence-corrected chi connectivity index (χ1v) is 9.77. The van der Waals surface area contributed by atoms with Crippen molar-refractivity contribution in [2.24, 2.45) is 0 Å². The van der Waals surface area contributed by atoms with E-state index in [2.05, 4.69) is 12.2 Å². The van der Waals surface area contributed by atoms with Gasteiger partial charge >= 0.3 is 0 Å². The summed E-state index contributed by atoms with van der Waals surface area (Å²) in [7, 11) is 0. The van der Waals surface area contributed by atoms with E-state index in [1.165, 1.54) is 0 Å². The number of rotatable bonds is 8. The van der Waals surface area contributed by atoms with Crippen LogP contribution in [0.5, 0.6) is 11.5 Å². The fraction of sp³-hybridized carbons (Fsp3) is 0.455. The monoisotopic (exact) mass is 384 g/mol. The molecule has 0 spiro atoms. The van der Waals surface area contributed by atoms with Crippen molar-refractivity contribution >= 4 is 10.8 Å². The molecule has 2 aromatic carbocycles. The Balaban J connectivity index is 1.72. The summed E-state index contributed by atoms with van der Waals surface area (Å²) < 4.78 is 23.1. The zero-order valence-electron chi connectivity index (χ0n) is 15.6. The van der Waals surface area contributed by atoms with E-state index >= 15 is 0 Å². The summed E-state index contributed by atoms with van der Waals surface area (Å²) in [5.74, 6) is 1.61. The largest absolute Gasteiger partial charge is 0.490 e. The quantitative estimate of drug-likeness (QED) is 0.535. The Bertz CT molecular complexity index is 927. The molecule has 28 heavy (non-hydrogen) atoms. The average molecular weight is 384 g/mol. The SMILES string of the molecule is OCc1cc(CO)c2c(OCC3CO3)c3c(c(OCC4CO4)c2c1)CC=CC3. The molecule has 0 amide bonds. The molecule has 6 heteroatoms. The van der Waals surface area contributed by atoms with Crippen molar-refractivity contribution in [3.63, 3.8) is 0 Å². The minimum atomic E-state index is -0.138. The van der Waals surface area contributed by atoms with E-state index in [9.17, 15) is 10.2 Å². The highest BCUT2D eigenvalue weighted by atomic mass is 16.6. The Kier molecular flexibility index (Phi) is 4.72. The Morgan fingerprint density at radius 1 is 0.857 bits per heavy atom. The van der Waals surface area contributed by atoms with E-state index in [0.29, 0.717) is 13.2 Å². The lowest BCUT2D eigenvalue weighted by Gasteiger charge is -2.25. The van der Waals surface area contributed by atoms with Crippen LogP contribution >= 0.6 is 0 Å². The maximum Gasteiger partial charge on any atom is 0.131 e. The fourth-order valence-electron chi connectivity index (χ4n) is 3.86. The Labute approximate surface area is 163 Å². The first-order chi connectivity index (χ1) is 13.8. The van der Waals surface area contributed by atoms with Crippen LogP contribution in [0.1, 0.15) is 22.3 Å². The molecular weight excluding hydrogens is 360 g/mol. The third kappa shape index (κ3) is 3.37. The van der Waals surface area contributed by atoms with Crippen molar-refractivity contribution in [2.45, 2.75) is 38.3 Å². The molecule has 2 aliphatic heterocycles. The highest BCUT2D eigenvalue weighted by molar-refractivity contribution is 5.99. The molecule has 0 bridgehead atoms. The number of hydrogen-bond donors (Lipinski definition) is 2. The van der Waals surface area contributed by atoms with Gasteiger partial charge in [-0.1, -0.05) is 18.2 Å². The van der Waals surface area contributed by atoms with Crippen molar-refractivity contribution in [1.82, 2.24) is 0 Å². The molecule has 0 radical (unpaired) electrons. The van der Waals surface area contributed by atoms with Crippen molar-refractivity contribution in [2.75, 3.05) is 26.4 Å². The van der Waals surface area contributed by atoms with E-state index in [4.69, 9.17) is 18.9 Å². The van der Waals surface area contributed by atoms with Crippen LogP contribution in [0, 0.1) is 0 Å². The smallest absolute Gasteiger partial charge is 0.131 e. The second-order valence-electron chi connectivity index (χ2n) is 7.52. The van der Waals surface area contributed by atoms with Crippen LogP contribution in [0.4, 0.5) is 0 Å². The van der Waals surface area contributed by atoms with Gasteiger partial charge in [0.1, 0.15) is 36.9 Å². The summed E-state index contributed by atoms with van der Waals surface area (Å²) in [5.41, 5.74) is 3.69. The summed E-state index contributed by atoms with van der Waals surface area (Å²) >= 11 is 0. The summed E-state index contributed by atoms with van der Waals surface area (Å²) in [5, 5.41) is 21.5. The first-order valence-electron chi connectivity index (χ1n) is 9.77. The van der Waals surface area contributed by atoms with Gasteiger partial charge < -0.3 is 29.2 Å². The Morgan fingerprint density at radius 3 is 2.04 bits per heavy atom. The van der Waals surface area contributed by atoms with Gasteiger partial charge in [0.15, 0.2) is 0 Å². The van der Waals surface area contributed by atoms with Crippen molar-refractivity contribution in [1.29, 1.82) is 0 Å². The minimum Gasteiger partial charge on any atom is -0.490 e. The lowest BCUT2D eigenvalue weighted by Crippen LogP contribution is -2.13. The van der Waals surface area contributed by atoms with E-state index in [-0.39, 0.29) is 25.4 Å². The van der Waals surface area contributed by atoms with Gasteiger partial charge in [-0.25, -0.2) is 0 Å². The van der Waals surface area contributed by atoms with E-state index in [1.54, 1.807) is 0 Å². The summed E-state index contributed by atoms with van der Waals surface area (Å²) in [4.78, 5) is 0. The van der Waals surface area contributed by atoms with Crippen LogP contribution in [0.25, 0.3) is 10.8 Å². The van der Waals surface area contributed by atoms with Gasteiger partial charge in [0, 0.05) is 21.9 Å². The number of ether oxygens (including phenoxy) is 4. The molecule has 2 aromatic rings. The maximum absolute atomic E-state index is 10.1. The van der Waals surface area contributed by atoms with Crippen LogP contribution in [0.2, 0.25) is 0 Å². The lowest BCUT2D eigenvalue weighted by atomic mass is 9.88.